The fourth-order valence-electron chi connectivity index (χ4n) is 1.82. The Labute approximate surface area is 116 Å². The number of phenolic OH excluding ortho intramolecular Hbond substituents is 2. The molecule has 0 bridgehead atoms. The molecule has 0 radical (unpaired) electrons. The molecule has 5 heteroatoms. The molecule has 0 saturated heterocycles. The van der Waals surface area contributed by atoms with Crippen LogP contribution < -0.4 is 9.64 Å². The summed E-state index contributed by atoms with van der Waals surface area (Å²) < 4.78 is 5.11. The van der Waals surface area contributed by atoms with Crippen molar-refractivity contribution in [1.29, 1.82) is 0 Å². The standard InChI is InChI=1S/C15H15NO4/c1-16(10-4-3-5-12(8-10)20-2)15(19)13-7-6-11(17)9-14(13)18/h3-9,17-18H,1-2H3. The van der Waals surface area contributed by atoms with Gasteiger partial charge in [-0.3, -0.25) is 4.79 Å². The first kappa shape index (κ1) is 13.7. The molecule has 0 saturated carbocycles. The van der Waals surface area contributed by atoms with E-state index in [2.05, 4.69) is 0 Å². The smallest absolute Gasteiger partial charge is 0.261 e. The molecule has 20 heavy (non-hydrogen) atoms. The lowest BCUT2D eigenvalue weighted by Gasteiger charge is -2.18. The Bertz CT molecular complexity index is 640. The van der Waals surface area contributed by atoms with E-state index in [1.165, 1.54) is 17.0 Å². The van der Waals surface area contributed by atoms with E-state index in [0.29, 0.717) is 11.4 Å². The maximum absolute atomic E-state index is 12.3. The van der Waals surface area contributed by atoms with Crippen LogP contribution >= 0.6 is 0 Å². The Morgan fingerprint density at radius 3 is 2.55 bits per heavy atom. The molecule has 2 N–H and O–H groups in total. The third-order valence-electron chi connectivity index (χ3n) is 2.96. The number of ether oxygens (including phenoxy) is 1. The number of carbonyl (C=O) groups is 1. The van der Waals surface area contributed by atoms with Crippen molar-refractivity contribution in [2.45, 2.75) is 0 Å². The molecule has 5 nitrogen and oxygen atoms in total. The Balaban J connectivity index is 2.32. The predicted molar refractivity (Wildman–Crippen MR) is 75.5 cm³/mol. The van der Waals surface area contributed by atoms with Crippen LogP contribution in [-0.2, 0) is 0 Å². The van der Waals surface area contributed by atoms with Crippen LogP contribution in [0.2, 0.25) is 0 Å². The zero-order valence-electron chi connectivity index (χ0n) is 11.2. The van der Waals surface area contributed by atoms with Gasteiger partial charge < -0.3 is 19.8 Å². The summed E-state index contributed by atoms with van der Waals surface area (Å²) in [5, 5.41) is 19.0. The minimum Gasteiger partial charge on any atom is -0.508 e. The Morgan fingerprint density at radius 2 is 1.90 bits per heavy atom. The second-order valence-corrected chi connectivity index (χ2v) is 4.27. The fraction of sp³-hybridized carbons (Fsp3) is 0.133. The second kappa shape index (κ2) is 5.52. The molecule has 0 fully saturated rings. The molecule has 0 spiro atoms. The summed E-state index contributed by atoms with van der Waals surface area (Å²) in [6, 6.07) is 10.9. The highest BCUT2D eigenvalue weighted by atomic mass is 16.5. The maximum Gasteiger partial charge on any atom is 0.261 e. The predicted octanol–water partition coefficient (Wildman–Crippen LogP) is 2.38. The van der Waals surface area contributed by atoms with Crippen LogP contribution in [0.5, 0.6) is 17.2 Å². The molecule has 2 aromatic carbocycles. The zero-order chi connectivity index (χ0) is 14.7. The van der Waals surface area contributed by atoms with Crippen LogP contribution in [0.15, 0.2) is 42.5 Å². The first-order chi connectivity index (χ1) is 9.52. The molecular weight excluding hydrogens is 258 g/mol. The van der Waals surface area contributed by atoms with E-state index in [-0.39, 0.29) is 23.0 Å². The number of phenols is 2. The lowest BCUT2D eigenvalue weighted by atomic mass is 10.1. The summed E-state index contributed by atoms with van der Waals surface area (Å²) in [6.45, 7) is 0. The molecule has 104 valence electrons. The average Bonchev–Trinajstić information content (AvgIpc) is 2.46. The fourth-order valence-corrected chi connectivity index (χ4v) is 1.82. The summed E-state index contributed by atoms with van der Waals surface area (Å²) >= 11 is 0. The highest BCUT2D eigenvalue weighted by molar-refractivity contribution is 6.07. The van der Waals surface area contributed by atoms with Crippen LogP contribution in [0.3, 0.4) is 0 Å². The van der Waals surface area contributed by atoms with Crippen molar-refractivity contribution in [3.05, 3.63) is 48.0 Å². The number of carbonyl (C=O) groups excluding carboxylic acids is 1. The molecule has 0 atom stereocenters. The number of hydrogen-bond donors (Lipinski definition) is 2. The zero-order valence-corrected chi connectivity index (χ0v) is 11.2. The first-order valence-corrected chi connectivity index (χ1v) is 5.97. The van der Waals surface area contributed by atoms with Crippen molar-refractivity contribution in [2.24, 2.45) is 0 Å². The van der Waals surface area contributed by atoms with Gasteiger partial charge in [0.1, 0.15) is 17.2 Å². The van der Waals surface area contributed by atoms with E-state index in [4.69, 9.17) is 4.74 Å². The van der Waals surface area contributed by atoms with Crippen molar-refractivity contribution in [3.8, 4) is 17.2 Å². The Hall–Kier alpha value is -2.69. The maximum atomic E-state index is 12.3. The van der Waals surface area contributed by atoms with E-state index in [9.17, 15) is 15.0 Å². The number of nitrogens with zero attached hydrogens (tertiary/aromatic N) is 1. The highest BCUT2D eigenvalue weighted by Crippen LogP contribution is 2.26. The summed E-state index contributed by atoms with van der Waals surface area (Å²) in [5.74, 6) is -0.0966. The van der Waals surface area contributed by atoms with Gasteiger partial charge in [0.25, 0.3) is 5.91 Å². The highest BCUT2D eigenvalue weighted by Gasteiger charge is 2.17. The lowest BCUT2D eigenvalue weighted by molar-refractivity contribution is 0.0990. The van der Waals surface area contributed by atoms with Gasteiger partial charge in [-0.05, 0) is 24.3 Å². The Morgan fingerprint density at radius 1 is 1.15 bits per heavy atom. The molecule has 2 aromatic rings. The van der Waals surface area contributed by atoms with Crippen LogP contribution in [0.25, 0.3) is 0 Å². The SMILES string of the molecule is COc1cccc(N(C)C(=O)c2ccc(O)cc2O)c1. The van der Waals surface area contributed by atoms with Gasteiger partial charge in [-0.15, -0.1) is 0 Å². The Kier molecular flexibility index (Phi) is 3.79. The van der Waals surface area contributed by atoms with Crippen molar-refractivity contribution in [1.82, 2.24) is 0 Å². The van der Waals surface area contributed by atoms with Gasteiger partial charge in [-0.25, -0.2) is 0 Å². The van der Waals surface area contributed by atoms with E-state index >= 15 is 0 Å². The number of anilines is 1. The van der Waals surface area contributed by atoms with Gasteiger partial charge in [-0.2, -0.15) is 0 Å². The molecule has 0 aliphatic carbocycles. The van der Waals surface area contributed by atoms with Gasteiger partial charge in [-0.1, -0.05) is 6.07 Å². The van der Waals surface area contributed by atoms with Crippen LogP contribution in [0.4, 0.5) is 5.69 Å². The minimum absolute atomic E-state index is 0.0944. The summed E-state index contributed by atoms with van der Waals surface area (Å²) in [7, 11) is 3.15. The van der Waals surface area contributed by atoms with Crippen LogP contribution in [0.1, 0.15) is 10.4 Å². The van der Waals surface area contributed by atoms with Crippen LogP contribution in [-0.4, -0.2) is 30.3 Å². The normalized spacial score (nSPS) is 10.1. The van der Waals surface area contributed by atoms with Gasteiger partial charge in [0.05, 0.1) is 12.7 Å². The third-order valence-corrected chi connectivity index (χ3v) is 2.96. The third kappa shape index (κ3) is 2.66. The lowest BCUT2D eigenvalue weighted by Crippen LogP contribution is -2.26. The van der Waals surface area contributed by atoms with E-state index in [1.54, 1.807) is 38.4 Å². The molecule has 0 unspecified atom stereocenters. The van der Waals surface area contributed by atoms with Crippen LogP contribution in [0, 0.1) is 0 Å². The number of aromatic hydroxyl groups is 2. The van der Waals surface area contributed by atoms with Crippen molar-refractivity contribution in [3.63, 3.8) is 0 Å². The largest absolute Gasteiger partial charge is 0.508 e. The molecule has 0 aliphatic rings. The van der Waals surface area contributed by atoms with Crippen molar-refractivity contribution < 1.29 is 19.7 Å². The van der Waals surface area contributed by atoms with Gasteiger partial charge in [0.15, 0.2) is 0 Å². The van der Waals surface area contributed by atoms with Crippen molar-refractivity contribution in [2.75, 3.05) is 19.1 Å². The molecule has 0 heterocycles. The summed E-state index contributed by atoms with van der Waals surface area (Å²) in [4.78, 5) is 13.7. The number of hydrogen-bond acceptors (Lipinski definition) is 4. The molecule has 1 amide bonds. The monoisotopic (exact) mass is 273 g/mol. The number of methoxy groups -OCH3 is 1. The van der Waals surface area contributed by atoms with E-state index < -0.39 is 0 Å². The second-order valence-electron chi connectivity index (χ2n) is 4.27. The van der Waals surface area contributed by atoms with E-state index in [1.807, 2.05) is 0 Å². The molecule has 2 rings (SSSR count). The van der Waals surface area contributed by atoms with E-state index in [0.717, 1.165) is 6.07 Å². The molecule has 0 aromatic heterocycles. The number of rotatable bonds is 3. The van der Waals surface area contributed by atoms with Gasteiger partial charge in [0, 0.05) is 24.9 Å². The first-order valence-electron chi connectivity index (χ1n) is 5.97. The summed E-state index contributed by atoms with van der Waals surface area (Å²) in [6.07, 6.45) is 0. The number of benzene rings is 2. The van der Waals surface area contributed by atoms with Gasteiger partial charge in [0.2, 0.25) is 0 Å². The van der Waals surface area contributed by atoms with Crippen molar-refractivity contribution >= 4 is 11.6 Å². The minimum atomic E-state index is -0.379. The quantitative estimate of drug-likeness (QED) is 0.900. The summed E-state index contributed by atoms with van der Waals surface area (Å²) in [5.41, 5.74) is 0.759. The molecule has 0 aliphatic heterocycles. The number of amides is 1. The molecular formula is C15H15NO4. The van der Waals surface area contributed by atoms with Gasteiger partial charge >= 0.3 is 0 Å². The average molecular weight is 273 g/mol. The topological polar surface area (TPSA) is 70.0 Å².